The molecular weight excluding hydrogens is 749 g/mol. The summed E-state index contributed by atoms with van der Waals surface area (Å²) in [6.07, 6.45) is 4.82. The number of rotatable bonds is 5. The molecule has 3 aliphatic heterocycles. The van der Waals surface area contributed by atoms with E-state index in [9.17, 15) is 0 Å². The van der Waals surface area contributed by atoms with Gasteiger partial charge in [0.15, 0.2) is 0 Å². The topological polar surface area (TPSA) is 9.72 Å². The lowest BCUT2D eigenvalue weighted by Gasteiger charge is -2.51. The summed E-state index contributed by atoms with van der Waals surface area (Å²) >= 11 is 0. The molecule has 1 fully saturated rings. The Morgan fingerprint density at radius 1 is 0.452 bits per heavy atom. The monoisotopic (exact) mass is 799 g/mol. The number of aryl methyl sites for hydroxylation is 2. The minimum atomic E-state index is -0.109. The average Bonchev–Trinajstić information content (AvgIpc) is 3.52. The summed E-state index contributed by atoms with van der Waals surface area (Å²) in [5.41, 5.74) is 22.9. The van der Waals surface area contributed by atoms with Crippen LogP contribution in [0.4, 0.5) is 45.5 Å². The maximum absolute atomic E-state index is 2.81. The molecular formula is C58H50BN3. The molecule has 12 rings (SSSR count). The van der Waals surface area contributed by atoms with Crippen LogP contribution in [-0.4, -0.2) is 12.3 Å². The summed E-state index contributed by atoms with van der Waals surface area (Å²) in [6, 6.07) is 68.4. The molecule has 0 radical (unpaired) electrons. The van der Waals surface area contributed by atoms with Crippen molar-refractivity contribution in [3.8, 4) is 22.3 Å². The van der Waals surface area contributed by atoms with Gasteiger partial charge in [-0.3, -0.25) is 0 Å². The van der Waals surface area contributed by atoms with Crippen LogP contribution in [0.5, 0.6) is 0 Å². The summed E-state index contributed by atoms with van der Waals surface area (Å²) in [4.78, 5) is 7.96. The fourth-order valence-corrected chi connectivity index (χ4v) is 12.1. The van der Waals surface area contributed by atoms with Crippen molar-refractivity contribution in [1.82, 2.24) is 0 Å². The molecule has 4 aliphatic rings. The molecule has 0 spiro atoms. The fourth-order valence-electron chi connectivity index (χ4n) is 12.1. The van der Waals surface area contributed by atoms with Crippen LogP contribution in [0.1, 0.15) is 56.2 Å². The predicted octanol–water partition coefficient (Wildman–Crippen LogP) is 13.5. The lowest BCUT2D eigenvalue weighted by atomic mass is 9.33. The first-order chi connectivity index (χ1) is 30.3. The molecule has 8 aromatic carbocycles. The van der Waals surface area contributed by atoms with Crippen molar-refractivity contribution in [3.05, 3.63) is 199 Å². The maximum atomic E-state index is 2.81. The molecule has 0 N–H and O–H groups in total. The van der Waals surface area contributed by atoms with Crippen LogP contribution in [0.25, 0.3) is 22.3 Å². The molecule has 2 unspecified atom stereocenters. The van der Waals surface area contributed by atoms with Gasteiger partial charge in [-0.2, -0.15) is 0 Å². The number of hydrogen-bond acceptors (Lipinski definition) is 3. The molecule has 2 atom stereocenters. The molecule has 1 aliphatic carbocycles. The Morgan fingerprint density at radius 3 is 1.76 bits per heavy atom. The molecule has 1 saturated carbocycles. The first-order valence-electron chi connectivity index (χ1n) is 22.5. The van der Waals surface area contributed by atoms with Gasteiger partial charge in [-0.15, -0.1) is 0 Å². The van der Waals surface area contributed by atoms with Crippen molar-refractivity contribution < 1.29 is 0 Å². The Bertz CT molecular complexity index is 3050. The zero-order valence-corrected chi connectivity index (χ0v) is 36.1. The van der Waals surface area contributed by atoms with Crippen molar-refractivity contribution in [2.24, 2.45) is 0 Å². The number of para-hydroxylation sites is 2. The zero-order chi connectivity index (χ0) is 41.7. The summed E-state index contributed by atoms with van der Waals surface area (Å²) in [5, 5.41) is 0. The van der Waals surface area contributed by atoms with Gasteiger partial charge in [-0.05, 0) is 132 Å². The number of hydrogen-bond donors (Lipinski definition) is 0. The standard InChI is InChI=1S/C58H50BN3/c1-39-33-40(2)56-48(34-39)57(3)31-16-17-32-58(57,4)62(56)47-37-53-55-54(38-47)61(46-26-18-23-43(35-46)41-19-8-5-9-20-41)52-36-44(42-21-10-6-11-22-42)29-30-50(52)59(55)49-27-14-15-28-51(49)60(53)45-24-12-7-13-25-45/h5-15,18-30,33-38H,16-17,31-32H2,1-4H3. The average molecular weight is 800 g/mol. The van der Waals surface area contributed by atoms with Crippen molar-refractivity contribution >= 4 is 68.6 Å². The third-order valence-electron chi connectivity index (χ3n) is 15.1. The highest BCUT2D eigenvalue weighted by molar-refractivity contribution is 7.00. The van der Waals surface area contributed by atoms with Gasteiger partial charge in [0.2, 0.25) is 0 Å². The second kappa shape index (κ2) is 13.9. The number of fused-ring (bicyclic) bond motifs is 7. The van der Waals surface area contributed by atoms with E-state index in [0.29, 0.717) is 0 Å². The van der Waals surface area contributed by atoms with Crippen LogP contribution < -0.4 is 31.1 Å². The summed E-state index contributed by atoms with van der Waals surface area (Å²) in [6.45, 7) is 9.79. The van der Waals surface area contributed by atoms with Gasteiger partial charge in [-0.1, -0.05) is 159 Å². The van der Waals surface area contributed by atoms with Gasteiger partial charge in [0, 0.05) is 50.9 Å². The highest BCUT2D eigenvalue weighted by Gasteiger charge is 2.58. The van der Waals surface area contributed by atoms with E-state index in [0.717, 1.165) is 12.1 Å². The van der Waals surface area contributed by atoms with E-state index in [-0.39, 0.29) is 17.7 Å². The summed E-state index contributed by atoms with van der Waals surface area (Å²) in [5.74, 6) is 0. The third kappa shape index (κ3) is 5.32. The molecule has 0 amide bonds. The Hall–Kier alpha value is -6.78. The van der Waals surface area contributed by atoms with Crippen LogP contribution in [0.2, 0.25) is 0 Å². The van der Waals surface area contributed by atoms with Gasteiger partial charge in [0.1, 0.15) is 0 Å². The van der Waals surface area contributed by atoms with E-state index in [1.54, 1.807) is 0 Å². The Morgan fingerprint density at radius 2 is 1.03 bits per heavy atom. The molecule has 3 heterocycles. The van der Waals surface area contributed by atoms with Crippen molar-refractivity contribution in [3.63, 3.8) is 0 Å². The lowest BCUT2D eigenvalue weighted by molar-refractivity contribution is 0.195. The van der Waals surface area contributed by atoms with Gasteiger partial charge < -0.3 is 14.7 Å². The minimum absolute atomic E-state index is 0.0135. The van der Waals surface area contributed by atoms with Crippen molar-refractivity contribution in [2.75, 3.05) is 14.7 Å². The van der Waals surface area contributed by atoms with Gasteiger partial charge in [0.25, 0.3) is 6.71 Å². The minimum Gasteiger partial charge on any atom is -0.334 e. The molecule has 0 saturated heterocycles. The van der Waals surface area contributed by atoms with Gasteiger partial charge in [-0.25, -0.2) is 0 Å². The summed E-state index contributed by atoms with van der Waals surface area (Å²) in [7, 11) is 0. The molecule has 0 aromatic heterocycles. The molecule has 0 bridgehead atoms. The van der Waals surface area contributed by atoms with Gasteiger partial charge >= 0.3 is 0 Å². The van der Waals surface area contributed by atoms with E-state index in [2.05, 4.69) is 224 Å². The molecule has 3 nitrogen and oxygen atoms in total. The van der Waals surface area contributed by atoms with E-state index in [4.69, 9.17) is 0 Å². The molecule has 4 heteroatoms. The normalized spacial score (nSPS) is 19.4. The smallest absolute Gasteiger partial charge is 0.252 e. The zero-order valence-electron chi connectivity index (χ0n) is 36.1. The van der Waals surface area contributed by atoms with E-state index in [1.165, 1.54) is 114 Å². The Balaban J connectivity index is 1.20. The largest absolute Gasteiger partial charge is 0.334 e. The SMILES string of the molecule is Cc1cc(C)c2c(c1)C1(C)CCCCC1(C)N2c1cc2c3c(c1)N(c1cccc(-c4ccccc4)c1)c1cc(-c4ccccc4)ccc1B3c1ccccc1N2c1ccccc1. The van der Waals surface area contributed by atoms with Crippen LogP contribution in [0, 0.1) is 13.8 Å². The predicted molar refractivity (Wildman–Crippen MR) is 264 cm³/mol. The summed E-state index contributed by atoms with van der Waals surface area (Å²) < 4.78 is 0. The quantitative estimate of drug-likeness (QED) is 0.161. The molecule has 8 aromatic rings. The second-order valence-corrected chi connectivity index (χ2v) is 18.6. The lowest BCUT2D eigenvalue weighted by Crippen LogP contribution is -2.61. The van der Waals surface area contributed by atoms with Crippen LogP contribution in [-0.2, 0) is 5.41 Å². The van der Waals surface area contributed by atoms with E-state index >= 15 is 0 Å². The number of anilines is 8. The third-order valence-corrected chi connectivity index (χ3v) is 15.1. The van der Waals surface area contributed by atoms with Crippen molar-refractivity contribution in [2.45, 2.75) is 64.3 Å². The van der Waals surface area contributed by atoms with Crippen LogP contribution >= 0.6 is 0 Å². The van der Waals surface area contributed by atoms with E-state index in [1.807, 2.05) is 0 Å². The maximum Gasteiger partial charge on any atom is 0.252 e. The highest BCUT2D eigenvalue weighted by Crippen LogP contribution is 2.62. The highest BCUT2D eigenvalue weighted by atomic mass is 15.3. The van der Waals surface area contributed by atoms with Crippen LogP contribution in [0.3, 0.4) is 0 Å². The van der Waals surface area contributed by atoms with Crippen molar-refractivity contribution in [1.29, 1.82) is 0 Å². The Kier molecular flexibility index (Phi) is 8.28. The van der Waals surface area contributed by atoms with Gasteiger partial charge in [0.05, 0.1) is 5.54 Å². The van der Waals surface area contributed by atoms with Crippen LogP contribution in [0.15, 0.2) is 182 Å². The first kappa shape index (κ1) is 37.0. The van der Waals surface area contributed by atoms with E-state index < -0.39 is 0 Å². The first-order valence-corrected chi connectivity index (χ1v) is 22.5. The fraction of sp³-hybridized carbons (Fsp3) is 0.172. The molecule has 300 valence electrons. The second-order valence-electron chi connectivity index (χ2n) is 18.6. The molecule has 62 heavy (non-hydrogen) atoms. The number of nitrogens with zero attached hydrogens (tertiary/aromatic N) is 3. The number of benzene rings is 8. The Labute approximate surface area is 367 Å².